The quantitative estimate of drug-likeness (QED) is 0.0390. The third-order valence-corrected chi connectivity index (χ3v) is 41.5. The standard InChI is InChI=1S/C36H46ClN5O4S.C35H44ClN5O5S.C34H44ClN5O4S/c1-24-6-4-15-36(44,22-42-17-16-38-40-42)31-11-8-28(31)20-41-21-35(14-5-7-26-18-29(37)10-12-30(26)35)23-46-33-13-9-27(19-32(33)41)34(43)39-47(3,45)25(24)2;1-23-5-3-14-35(43,21-41-16-15-37-39-41)30-10-7-27(30)19-40-20-34(13-4-6-25-17-28(36)9-11-29(25)34)22-46-32-12-8-26(18-31(32)40)33(42)38-47(44,45)24(23)2;1-22-6-4-15-34(42,19-37-39-36)29-11-8-26(29)18-40-20-33(14-5-7-24-16-27(35)10-12-28(24)33)21-44-31-13-9-25(17-30(31)40)32(41)38-45(3,43)23(22)2/h9-10,12-13,16-19,24-25,28,31,44H,3-8,11,14-15,20-23H2,1-2H3,(H,39,43,45);8-9,11-12,15-18,23-24,27,30,43H,3-7,10,13-14,19-22H2,1-2H3,(H,38,42);9-10,12-13,16-17,22-23,26,29,42H,3-8,11,14-15,18-21H2,1-2H3,(H,38,41,43)/t24-,25+,28-,31+,35-,36-,47?;23-,24+,27-,30+,34-,35+;22-,23+,26-,29+,33-,34-,45?/m000/s1. The number of aliphatic hydroxyl groups is 3. The van der Waals surface area contributed by atoms with Crippen molar-refractivity contribution in [1.82, 2.24) is 44.2 Å². The van der Waals surface area contributed by atoms with Gasteiger partial charge in [0.05, 0.1) is 110 Å². The lowest BCUT2D eigenvalue weighted by Crippen LogP contribution is -2.54. The van der Waals surface area contributed by atoms with Gasteiger partial charge in [-0.05, 0) is 351 Å². The van der Waals surface area contributed by atoms with E-state index >= 15 is 0 Å². The molecule has 0 saturated heterocycles. The molecular weight excluding hydrogens is 1880 g/mol. The van der Waals surface area contributed by atoms with Gasteiger partial charge in [-0.15, -0.1) is 10.2 Å². The van der Waals surface area contributed by atoms with Gasteiger partial charge in [-0.3, -0.25) is 23.8 Å². The molecule has 34 heteroatoms. The lowest BCUT2D eigenvalue weighted by Gasteiger charge is -2.50. The number of ether oxygens (including phenoxy) is 3. The molecular formula is C105H134Cl3N15O13S3. The Balaban J connectivity index is 0.000000138. The molecule has 6 bridgehead atoms. The second-order valence-electron chi connectivity index (χ2n) is 43.1. The van der Waals surface area contributed by atoms with E-state index < -0.39 is 63.3 Å². The summed E-state index contributed by atoms with van der Waals surface area (Å²) in [6.45, 7) is 17.7. The van der Waals surface area contributed by atoms with Crippen LogP contribution in [0, 0.1) is 53.3 Å². The molecule has 20 rings (SSSR count). The summed E-state index contributed by atoms with van der Waals surface area (Å²) in [4.78, 5) is 50.8. The van der Waals surface area contributed by atoms with E-state index in [4.69, 9.17) is 49.0 Å². The minimum Gasteiger partial charge on any atom is -0.490 e. The summed E-state index contributed by atoms with van der Waals surface area (Å²) >= 11 is 19.3. The Morgan fingerprint density at radius 2 is 0.784 bits per heavy atom. The molecule has 2 unspecified atom stereocenters. The van der Waals surface area contributed by atoms with E-state index in [9.17, 15) is 52.1 Å². The zero-order valence-corrected chi connectivity index (χ0v) is 85.4. The number of nitrogens with one attached hydrogen (secondary N) is 3. The number of hydrogen-bond donors (Lipinski definition) is 6. The average molecular weight is 2020 g/mol. The summed E-state index contributed by atoms with van der Waals surface area (Å²) < 4.78 is 85.6. The van der Waals surface area contributed by atoms with Gasteiger partial charge in [0, 0.05) is 115 Å². The van der Waals surface area contributed by atoms with Crippen molar-refractivity contribution in [2.75, 3.05) is 80.3 Å². The molecule has 8 aromatic rings. The number of aromatic nitrogens is 6. The Morgan fingerprint density at radius 1 is 0.446 bits per heavy atom. The van der Waals surface area contributed by atoms with Crippen LogP contribution in [-0.4, -0.2) is 190 Å². The zero-order valence-electron chi connectivity index (χ0n) is 80.6. The number of carbonyl (C=O) groups is 3. The van der Waals surface area contributed by atoms with Gasteiger partial charge in [0.25, 0.3) is 17.7 Å². The van der Waals surface area contributed by atoms with Crippen LogP contribution >= 0.6 is 34.8 Å². The van der Waals surface area contributed by atoms with Crippen LogP contribution in [0.2, 0.25) is 15.1 Å². The van der Waals surface area contributed by atoms with E-state index in [0.717, 1.165) is 154 Å². The molecule has 3 amide bonds. The molecule has 8 heterocycles. The molecule has 12 aliphatic rings. The van der Waals surface area contributed by atoms with Crippen molar-refractivity contribution in [2.45, 2.75) is 258 Å². The van der Waals surface area contributed by atoms with Crippen LogP contribution in [0.5, 0.6) is 17.2 Å². The number of sulfonamides is 1. The van der Waals surface area contributed by atoms with Crippen LogP contribution in [0.15, 0.2) is 139 Å². The highest BCUT2D eigenvalue weighted by molar-refractivity contribution is 7.99. The van der Waals surface area contributed by atoms with Crippen molar-refractivity contribution >= 4 is 111 Å². The summed E-state index contributed by atoms with van der Waals surface area (Å²) in [5.74, 6) is 9.07. The van der Waals surface area contributed by atoms with Crippen LogP contribution in [0.1, 0.15) is 241 Å². The normalized spacial score (nSPS) is 33.8. The summed E-state index contributed by atoms with van der Waals surface area (Å²) in [6, 6.07) is 34.8. The Morgan fingerprint density at radius 3 is 1.12 bits per heavy atom. The number of amides is 3. The third-order valence-electron chi connectivity index (χ3n) is 34.5. The average Bonchev–Trinajstić information content (AvgIpc) is 1.68. The number of aryl methyl sites for hydroxylation is 3. The highest BCUT2D eigenvalue weighted by atomic mass is 35.5. The molecule has 746 valence electrons. The molecule has 3 spiro atoms. The number of rotatable bonds is 6. The minimum atomic E-state index is -3.96. The predicted molar refractivity (Wildman–Crippen MR) is 547 cm³/mol. The van der Waals surface area contributed by atoms with Crippen molar-refractivity contribution in [3.05, 3.63) is 210 Å². The first kappa shape index (κ1) is 100.0. The van der Waals surface area contributed by atoms with E-state index in [1.165, 1.54) is 33.4 Å². The Kier molecular flexibility index (Phi) is 28.9. The summed E-state index contributed by atoms with van der Waals surface area (Å²) in [7, 11) is -9.88. The Labute approximate surface area is 832 Å². The molecule has 2 aromatic heterocycles. The third kappa shape index (κ3) is 20.7. The smallest absolute Gasteiger partial charge is 0.264 e. The molecule has 6 aliphatic heterocycles. The van der Waals surface area contributed by atoms with Gasteiger partial charge in [-0.25, -0.2) is 30.9 Å². The maximum atomic E-state index is 13.9. The molecule has 6 aromatic carbocycles. The van der Waals surface area contributed by atoms with E-state index in [1.807, 2.05) is 76.4 Å². The monoisotopic (exact) mass is 2010 g/mol. The molecule has 3 fully saturated rings. The fourth-order valence-electron chi connectivity index (χ4n) is 25.4. The van der Waals surface area contributed by atoms with Gasteiger partial charge in [-0.1, -0.05) is 109 Å². The van der Waals surface area contributed by atoms with Crippen LogP contribution < -0.4 is 43.1 Å². The number of halogens is 3. The highest BCUT2D eigenvalue weighted by Gasteiger charge is 2.54. The Bertz CT molecular complexity index is 6060. The number of hydrogen-bond acceptors (Lipinski definition) is 21. The molecule has 28 nitrogen and oxygen atoms in total. The summed E-state index contributed by atoms with van der Waals surface area (Å²) in [5.41, 5.74) is 16.3. The molecule has 6 aliphatic carbocycles. The van der Waals surface area contributed by atoms with Gasteiger partial charge in [0.1, 0.15) is 17.2 Å². The van der Waals surface area contributed by atoms with E-state index in [-0.39, 0.29) is 98.0 Å². The van der Waals surface area contributed by atoms with Crippen molar-refractivity contribution in [2.24, 2.45) is 58.4 Å². The van der Waals surface area contributed by atoms with Crippen molar-refractivity contribution in [3.63, 3.8) is 0 Å². The number of fused-ring (bicyclic) bond motifs is 12. The lowest BCUT2D eigenvalue weighted by atomic mass is 9.62. The van der Waals surface area contributed by atoms with Crippen molar-refractivity contribution in [1.29, 1.82) is 0 Å². The van der Waals surface area contributed by atoms with Gasteiger partial charge in [0.2, 0.25) is 10.0 Å². The molecule has 20 atom stereocenters. The van der Waals surface area contributed by atoms with Gasteiger partial charge in [0.15, 0.2) is 0 Å². The van der Waals surface area contributed by atoms with Gasteiger partial charge in [-0.2, -0.15) is 0 Å². The van der Waals surface area contributed by atoms with Crippen LogP contribution in [0.3, 0.4) is 0 Å². The summed E-state index contributed by atoms with van der Waals surface area (Å²) in [5, 5.41) is 57.9. The lowest BCUT2D eigenvalue weighted by molar-refractivity contribution is -0.102. The van der Waals surface area contributed by atoms with Crippen LogP contribution in [-0.2, 0) is 78.0 Å². The Hall–Kier alpha value is -9.14. The van der Waals surface area contributed by atoms with Gasteiger partial charge >= 0.3 is 0 Å². The second kappa shape index (κ2) is 40.2. The van der Waals surface area contributed by atoms with Crippen molar-refractivity contribution < 1.29 is 60.7 Å². The van der Waals surface area contributed by atoms with E-state index in [2.05, 4.69) is 115 Å². The first-order valence-electron chi connectivity index (χ1n) is 50.1. The van der Waals surface area contributed by atoms with Gasteiger partial charge < -0.3 is 44.2 Å². The number of benzene rings is 6. The SMILES string of the molecule is C=S1(=O)NC(=O)c2ccc3c(c2)N(C[C@@H]2CC[C@H]2[C@@](O)(CN=[N+]=[N-])CCC[C@H](C)[C@H]1C)C[C@@]1(CCCc2cc(Cl)ccc21)CO3.C=S1(=O)NC(=O)c2ccc3c(c2)N(C[C@@H]2CC[C@H]2[C@@](O)(Cn2ccnn2)CCC[C@H](C)[C@H]1C)C[C@@]1(CCCc2cc(Cl)ccc21)CO3.C[C@@H]1[C@@H](C)CCC[C@@](O)(Cn2ccnn2)[C@@H]2CC[C@H]2CN2C[C@@]3(CCCc4cc(Cl)ccc43)COc3ccc(cc32)C(=O)NS1(=O)=O. The zero-order chi connectivity index (χ0) is 97.9. The largest absolute Gasteiger partial charge is 0.490 e. The van der Waals surface area contributed by atoms with Crippen LogP contribution in [0.4, 0.5) is 17.1 Å². The first-order valence-corrected chi connectivity index (χ1v) is 56.3. The molecule has 139 heavy (non-hydrogen) atoms. The van der Waals surface area contributed by atoms with E-state index in [1.54, 1.807) is 65.2 Å². The molecule has 6 N–H and O–H groups in total. The fraction of sp³-hybridized carbons (Fsp3) is 0.571. The maximum absolute atomic E-state index is 13.9. The number of azide groups is 1. The van der Waals surface area contributed by atoms with Crippen LogP contribution in [0.25, 0.3) is 10.4 Å². The predicted octanol–water partition coefficient (Wildman–Crippen LogP) is 17.0. The fourth-order valence-corrected chi connectivity index (χ4v) is 30.3. The van der Waals surface area contributed by atoms with Crippen molar-refractivity contribution in [3.8, 4) is 17.2 Å². The van der Waals surface area contributed by atoms with E-state index in [0.29, 0.717) is 133 Å². The minimum absolute atomic E-state index is 0.00973. The maximum Gasteiger partial charge on any atom is 0.264 e. The highest BCUT2D eigenvalue weighted by Crippen LogP contribution is 2.55. The molecule has 3 saturated carbocycles. The second-order valence-corrected chi connectivity index (χ2v) is 51.3. The number of carbonyl (C=O) groups excluding carboxylic acids is 3. The number of nitrogens with zero attached hydrogens (tertiary/aromatic N) is 12. The first-order chi connectivity index (χ1) is 66.4. The summed E-state index contributed by atoms with van der Waals surface area (Å²) in [6.07, 6.45) is 27.1. The topological polar surface area (TPSA) is 364 Å². The number of anilines is 3. The molecule has 0 radical (unpaired) electrons.